The summed E-state index contributed by atoms with van der Waals surface area (Å²) in [6.45, 7) is 4.06. The number of hydrogen-bond acceptors (Lipinski definition) is 3. The van der Waals surface area contributed by atoms with Gasteiger partial charge < -0.3 is 5.32 Å². The van der Waals surface area contributed by atoms with Gasteiger partial charge in [0, 0.05) is 30.1 Å². The molecule has 2 aromatic heterocycles. The Balaban J connectivity index is 2.25. The van der Waals surface area contributed by atoms with E-state index >= 15 is 0 Å². The second-order valence-electron chi connectivity index (χ2n) is 4.54. The topological polar surface area (TPSA) is 29.9 Å². The number of aryl methyl sites for hydroxylation is 3. The maximum absolute atomic E-state index is 6.34. The highest BCUT2D eigenvalue weighted by Crippen LogP contribution is 2.33. The summed E-state index contributed by atoms with van der Waals surface area (Å²) in [5, 5.41) is 10.7. The third-order valence-electron chi connectivity index (χ3n) is 3.10. The maximum Gasteiger partial charge on any atom is 0.0596 e. The number of likely N-dealkylation sites (N-methyl/N-ethyl adjacent to an activating group) is 1. The first-order chi connectivity index (χ1) is 8.52. The molecule has 1 N–H and O–H groups in total. The molecule has 0 saturated heterocycles. The maximum atomic E-state index is 6.34. The van der Waals surface area contributed by atoms with E-state index in [1.54, 1.807) is 11.3 Å². The molecule has 2 rings (SSSR count). The Labute approximate surface area is 117 Å². The molecule has 2 heterocycles. The Kier molecular flexibility index (Phi) is 4.10. The van der Waals surface area contributed by atoms with Gasteiger partial charge in [-0.2, -0.15) is 5.10 Å². The summed E-state index contributed by atoms with van der Waals surface area (Å²) in [5.74, 6) is 0. The molecule has 0 spiro atoms. The van der Waals surface area contributed by atoms with Gasteiger partial charge in [-0.1, -0.05) is 11.6 Å². The largest absolute Gasteiger partial charge is 0.312 e. The zero-order valence-corrected chi connectivity index (χ0v) is 12.7. The minimum absolute atomic E-state index is 0.242. The lowest BCUT2D eigenvalue weighted by Crippen LogP contribution is -2.19. The number of rotatable bonds is 4. The SMILES string of the molecule is CNC(Cc1cc(C)nn1C)c1scc(C)c1Cl. The molecule has 18 heavy (non-hydrogen) atoms. The lowest BCUT2D eigenvalue weighted by molar-refractivity contribution is 0.569. The van der Waals surface area contributed by atoms with Gasteiger partial charge in [0.25, 0.3) is 0 Å². The molecule has 0 aromatic carbocycles. The molecule has 98 valence electrons. The summed E-state index contributed by atoms with van der Waals surface area (Å²) in [6, 6.07) is 2.37. The normalized spacial score (nSPS) is 12.9. The Bertz CT molecular complexity index is 544. The number of nitrogens with zero attached hydrogens (tertiary/aromatic N) is 2. The highest BCUT2D eigenvalue weighted by molar-refractivity contribution is 7.10. The highest BCUT2D eigenvalue weighted by Gasteiger charge is 2.18. The predicted octanol–water partition coefficient (Wildman–Crippen LogP) is 3.26. The van der Waals surface area contributed by atoms with Crippen LogP contribution in [0, 0.1) is 13.8 Å². The molecular weight excluding hydrogens is 266 g/mol. The van der Waals surface area contributed by atoms with Crippen LogP contribution in [0.4, 0.5) is 0 Å². The predicted molar refractivity (Wildman–Crippen MR) is 77.5 cm³/mol. The van der Waals surface area contributed by atoms with E-state index in [-0.39, 0.29) is 6.04 Å². The van der Waals surface area contributed by atoms with Crippen LogP contribution in [0.3, 0.4) is 0 Å². The van der Waals surface area contributed by atoms with Crippen LogP contribution < -0.4 is 5.32 Å². The van der Waals surface area contributed by atoms with E-state index in [0.717, 1.165) is 22.7 Å². The van der Waals surface area contributed by atoms with Crippen LogP contribution in [0.15, 0.2) is 11.4 Å². The molecule has 2 aromatic rings. The van der Waals surface area contributed by atoms with Crippen molar-refractivity contribution in [1.29, 1.82) is 0 Å². The number of aromatic nitrogens is 2. The van der Waals surface area contributed by atoms with Gasteiger partial charge in [0.05, 0.1) is 10.7 Å². The Morgan fingerprint density at radius 1 is 1.50 bits per heavy atom. The molecule has 0 fully saturated rings. The highest BCUT2D eigenvalue weighted by atomic mass is 35.5. The quantitative estimate of drug-likeness (QED) is 0.933. The Morgan fingerprint density at radius 3 is 2.67 bits per heavy atom. The van der Waals surface area contributed by atoms with Crippen LogP contribution in [-0.4, -0.2) is 16.8 Å². The third kappa shape index (κ3) is 2.60. The van der Waals surface area contributed by atoms with E-state index in [1.807, 2.05) is 32.6 Å². The molecule has 0 aliphatic heterocycles. The van der Waals surface area contributed by atoms with Crippen LogP contribution in [0.25, 0.3) is 0 Å². The molecule has 0 aliphatic carbocycles. The minimum Gasteiger partial charge on any atom is -0.312 e. The van der Waals surface area contributed by atoms with Crippen LogP contribution >= 0.6 is 22.9 Å². The van der Waals surface area contributed by atoms with Crippen molar-refractivity contribution >= 4 is 22.9 Å². The monoisotopic (exact) mass is 283 g/mol. The summed E-state index contributed by atoms with van der Waals surface area (Å²) < 4.78 is 1.94. The van der Waals surface area contributed by atoms with Crippen LogP contribution in [0.5, 0.6) is 0 Å². The second-order valence-corrected chi connectivity index (χ2v) is 5.83. The Morgan fingerprint density at radius 2 is 2.22 bits per heavy atom. The van der Waals surface area contributed by atoms with Gasteiger partial charge in [-0.15, -0.1) is 11.3 Å². The smallest absolute Gasteiger partial charge is 0.0596 e. The van der Waals surface area contributed by atoms with Crippen molar-refractivity contribution in [3.63, 3.8) is 0 Å². The van der Waals surface area contributed by atoms with Crippen molar-refractivity contribution in [3.8, 4) is 0 Å². The summed E-state index contributed by atoms with van der Waals surface area (Å²) >= 11 is 8.06. The molecule has 0 saturated carbocycles. The molecule has 5 heteroatoms. The van der Waals surface area contributed by atoms with Crippen molar-refractivity contribution in [2.75, 3.05) is 7.05 Å². The second kappa shape index (κ2) is 5.43. The van der Waals surface area contributed by atoms with Gasteiger partial charge in [-0.05, 0) is 37.9 Å². The standard InChI is InChI=1S/C13H18ClN3S/c1-8-7-18-13(12(8)14)11(15-3)6-10-5-9(2)16-17(10)4/h5,7,11,15H,6H2,1-4H3. The molecule has 3 nitrogen and oxygen atoms in total. The van der Waals surface area contributed by atoms with Crippen molar-refractivity contribution in [1.82, 2.24) is 15.1 Å². The molecule has 1 unspecified atom stereocenters. The van der Waals surface area contributed by atoms with Crippen molar-refractivity contribution < 1.29 is 0 Å². The van der Waals surface area contributed by atoms with Gasteiger partial charge in [-0.3, -0.25) is 4.68 Å². The van der Waals surface area contributed by atoms with Gasteiger partial charge in [-0.25, -0.2) is 0 Å². The Hall–Kier alpha value is -0.840. The summed E-state index contributed by atoms with van der Waals surface area (Å²) in [4.78, 5) is 1.20. The molecular formula is C13H18ClN3S. The minimum atomic E-state index is 0.242. The fraction of sp³-hybridized carbons (Fsp3) is 0.462. The lowest BCUT2D eigenvalue weighted by Gasteiger charge is -2.15. The average Bonchev–Trinajstić information content (AvgIpc) is 2.81. The molecule has 0 bridgehead atoms. The zero-order chi connectivity index (χ0) is 13.3. The van der Waals surface area contributed by atoms with E-state index in [4.69, 9.17) is 11.6 Å². The van der Waals surface area contributed by atoms with E-state index in [9.17, 15) is 0 Å². The van der Waals surface area contributed by atoms with E-state index in [2.05, 4.69) is 21.9 Å². The number of hydrogen-bond donors (Lipinski definition) is 1. The van der Waals surface area contributed by atoms with Crippen LogP contribution in [0.1, 0.15) is 27.9 Å². The summed E-state index contributed by atoms with van der Waals surface area (Å²) in [5.41, 5.74) is 3.42. The van der Waals surface area contributed by atoms with Gasteiger partial charge >= 0.3 is 0 Å². The molecule has 0 radical (unpaired) electrons. The van der Waals surface area contributed by atoms with Crippen LogP contribution in [-0.2, 0) is 13.5 Å². The summed E-state index contributed by atoms with van der Waals surface area (Å²) in [7, 11) is 3.95. The number of halogens is 1. The lowest BCUT2D eigenvalue weighted by atomic mass is 10.1. The molecule has 0 aliphatic rings. The first-order valence-electron chi connectivity index (χ1n) is 5.93. The van der Waals surface area contributed by atoms with Gasteiger partial charge in [0.1, 0.15) is 0 Å². The number of nitrogens with one attached hydrogen (secondary N) is 1. The van der Waals surface area contributed by atoms with Crippen molar-refractivity contribution in [2.45, 2.75) is 26.3 Å². The fourth-order valence-corrected chi connectivity index (χ4v) is 3.51. The first kappa shape index (κ1) is 13.6. The fourth-order valence-electron chi connectivity index (χ4n) is 2.08. The molecule has 1 atom stereocenters. The third-order valence-corrected chi connectivity index (χ3v) is 4.93. The van der Waals surface area contributed by atoms with Gasteiger partial charge in [0.15, 0.2) is 0 Å². The van der Waals surface area contributed by atoms with E-state index in [0.29, 0.717) is 0 Å². The van der Waals surface area contributed by atoms with E-state index < -0.39 is 0 Å². The zero-order valence-electron chi connectivity index (χ0n) is 11.1. The van der Waals surface area contributed by atoms with E-state index in [1.165, 1.54) is 10.6 Å². The van der Waals surface area contributed by atoms with Crippen LogP contribution in [0.2, 0.25) is 5.02 Å². The first-order valence-corrected chi connectivity index (χ1v) is 7.19. The summed E-state index contributed by atoms with van der Waals surface area (Å²) in [6.07, 6.45) is 0.896. The average molecular weight is 284 g/mol. The van der Waals surface area contributed by atoms with Crippen molar-refractivity contribution in [3.05, 3.63) is 38.3 Å². The van der Waals surface area contributed by atoms with Gasteiger partial charge in [0.2, 0.25) is 0 Å². The number of thiophene rings is 1. The van der Waals surface area contributed by atoms with Crippen molar-refractivity contribution in [2.24, 2.45) is 7.05 Å². The molecule has 0 amide bonds.